The third kappa shape index (κ3) is 5.73. The summed E-state index contributed by atoms with van der Waals surface area (Å²) < 4.78 is 10.7. The Balaban J connectivity index is 1.48. The maximum atomic E-state index is 12.7. The number of benzene rings is 2. The lowest BCUT2D eigenvalue weighted by molar-refractivity contribution is -0.118. The molecule has 1 aliphatic rings. The van der Waals surface area contributed by atoms with Gasteiger partial charge in [0.1, 0.15) is 11.5 Å². The highest BCUT2D eigenvalue weighted by molar-refractivity contribution is 5.94. The van der Waals surface area contributed by atoms with Crippen LogP contribution in [0.5, 0.6) is 11.5 Å². The molecular formula is C23H29N3O4. The number of nitrogens with one attached hydrogen (secondary N) is 1. The normalized spacial score (nSPS) is 14.5. The number of hydrogen-bond acceptors (Lipinski definition) is 5. The van der Waals surface area contributed by atoms with Crippen LogP contribution in [0.4, 0.5) is 5.69 Å². The Morgan fingerprint density at radius 2 is 1.70 bits per heavy atom. The molecule has 0 unspecified atom stereocenters. The van der Waals surface area contributed by atoms with E-state index in [2.05, 4.69) is 24.1 Å². The number of carbonyl (C=O) groups excluding carboxylic acids is 2. The van der Waals surface area contributed by atoms with Crippen molar-refractivity contribution < 1.29 is 19.1 Å². The van der Waals surface area contributed by atoms with Crippen LogP contribution in [0.25, 0.3) is 0 Å². The third-order valence-corrected chi connectivity index (χ3v) is 5.16. The number of methoxy groups -OCH3 is 1. The number of rotatable bonds is 7. The minimum Gasteiger partial charge on any atom is -0.497 e. The Kier molecular flexibility index (Phi) is 7.30. The third-order valence-electron chi connectivity index (χ3n) is 5.16. The van der Waals surface area contributed by atoms with Gasteiger partial charge in [0.2, 0.25) is 0 Å². The Hall–Kier alpha value is -3.06. The van der Waals surface area contributed by atoms with Crippen LogP contribution in [-0.4, -0.2) is 67.6 Å². The zero-order chi connectivity index (χ0) is 21.5. The lowest BCUT2D eigenvalue weighted by Crippen LogP contribution is -2.50. The van der Waals surface area contributed by atoms with Crippen molar-refractivity contribution in [1.82, 2.24) is 9.80 Å². The van der Waals surface area contributed by atoms with Gasteiger partial charge >= 0.3 is 0 Å². The fourth-order valence-corrected chi connectivity index (χ4v) is 3.36. The van der Waals surface area contributed by atoms with Crippen LogP contribution < -0.4 is 14.8 Å². The lowest BCUT2D eigenvalue weighted by atomic mass is 10.1. The first-order chi connectivity index (χ1) is 14.5. The van der Waals surface area contributed by atoms with Crippen molar-refractivity contribution in [2.45, 2.75) is 19.9 Å². The van der Waals surface area contributed by atoms with Crippen molar-refractivity contribution in [3.8, 4) is 11.5 Å². The van der Waals surface area contributed by atoms with Gasteiger partial charge in [0, 0.05) is 49.5 Å². The highest BCUT2D eigenvalue weighted by Crippen LogP contribution is 2.18. The van der Waals surface area contributed by atoms with Gasteiger partial charge < -0.3 is 19.7 Å². The molecule has 0 radical (unpaired) electrons. The number of piperazine rings is 1. The highest BCUT2D eigenvalue weighted by atomic mass is 16.5. The van der Waals surface area contributed by atoms with Gasteiger partial charge in [-0.05, 0) is 50.2 Å². The van der Waals surface area contributed by atoms with E-state index in [1.165, 1.54) is 0 Å². The highest BCUT2D eigenvalue weighted by Gasteiger charge is 2.23. The molecule has 0 saturated carbocycles. The smallest absolute Gasteiger partial charge is 0.262 e. The minimum absolute atomic E-state index is 0.0284. The molecule has 3 rings (SSSR count). The van der Waals surface area contributed by atoms with Crippen LogP contribution in [0.1, 0.15) is 24.2 Å². The van der Waals surface area contributed by atoms with Crippen LogP contribution in [0.15, 0.2) is 48.5 Å². The molecule has 1 aliphatic heterocycles. The second-order valence-corrected chi connectivity index (χ2v) is 7.52. The molecule has 0 aliphatic carbocycles. The molecule has 0 aromatic heterocycles. The summed E-state index contributed by atoms with van der Waals surface area (Å²) in [6.07, 6.45) is 0. The summed E-state index contributed by atoms with van der Waals surface area (Å²) in [4.78, 5) is 29.1. The van der Waals surface area contributed by atoms with E-state index >= 15 is 0 Å². The van der Waals surface area contributed by atoms with E-state index in [1.807, 2.05) is 4.90 Å². The monoisotopic (exact) mass is 411 g/mol. The van der Waals surface area contributed by atoms with E-state index in [9.17, 15) is 9.59 Å². The molecule has 1 fully saturated rings. The second kappa shape index (κ2) is 10.1. The van der Waals surface area contributed by atoms with Gasteiger partial charge in [0.05, 0.1) is 7.11 Å². The largest absolute Gasteiger partial charge is 0.497 e. The molecule has 1 heterocycles. The number of hydrogen-bond donors (Lipinski definition) is 1. The quantitative estimate of drug-likeness (QED) is 0.759. The summed E-state index contributed by atoms with van der Waals surface area (Å²) in [7, 11) is 1.57. The van der Waals surface area contributed by atoms with Crippen LogP contribution in [-0.2, 0) is 4.79 Å². The first kappa shape index (κ1) is 21.6. The molecule has 1 saturated heterocycles. The van der Waals surface area contributed by atoms with Gasteiger partial charge in [-0.2, -0.15) is 0 Å². The van der Waals surface area contributed by atoms with Gasteiger partial charge in [-0.3, -0.25) is 14.5 Å². The van der Waals surface area contributed by atoms with E-state index in [4.69, 9.17) is 9.47 Å². The number of ether oxygens (including phenoxy) is 2. The average Bonchev–Trinajstić information content (AvgIpc) is 2.77. The molecule has 0 atom stereocenters. The van der Waals surface area contributed by atoms with Crippen molar-refractivity contribution in [2.75, 3.05) is 45.2 Å². The van der Waals surface area contributed by atoms with Gasteiger partial charge in [-0.25, -0.2) is 0 Å². The minimum atomic E-state index is -0.272. The van der Waals surface area contributed by atoms with Crippen LogP contribution in [0, 0.1) is 0 Å². The van der Waals surface area contributed by atoms with Gasteiger partial charge in [0.15, 0.2) is 6.61 Å². The standard InChI is InChI=1S/C23H29N3O4/c1-17(2)25-11-13-26(14-12-25)23(28)18-7-9-20(10-8-18)30-16-22(27)24-19-5-4-6-21(15-19)29-3/h4-10,15,17H,11-14,16H2,1-3H3,(H,24,27). The predicted molar refractivity (Wildman–Crippen MR) is 116 cm³/mol. The molecule has 0 bridgehead atoms. The molecule has 2 aromatic carbocycles. The van der Waals surface area contributed by atoms with Gasteiger partial charge in [-0.1, -0.05) is 6.07 Å². The summed E-state index contributed by atoms with van der Waals surface area (Å²) in [5.74, 6) is 0.962. The summed E-state index contributed by atoms with van der Waals surface area (Å²) in [6, 6.07) is 14.5. The van der Waals surface area contributed by atoms with E-state index in [-0.39, 0.29) is 18.4 Å². The average molecular weight is 412 g/mol. The zero-order valence-electron chi connectivity index (χ0n) is 17.8. The van der Waals surface area contributed by atoms with Crippen molar-refractivity contribution in [3.63, 3.8) is 0 Å². The van der Waals surface area contributed by atoms with E-state index in [1.54, 1.807) is 55.6 Å². The molecule has 2 amide bonds. The van der Waals surface area contributed by atoms with Gasteiger partial charge in [-0.15, -0.1) is 0 Å². The number of carbonyl (C=O) groups is 2. The van der Waals surface area contributed by atoms with Crippen molar-refractivity contribution in [3.05, 3.63) is 54.1 Å². The van der Waals surface area contributed by atoms with Gasteiger partial charge in [0.25, 0.3) is 11.8 Å². The Morgan fingerprint density at radius 3 is 2.33 bits per heavy atom. The fraction of sp³-hybridized carbons (Fsp3) is 0.391. The predicted octanol–water partition coefficient (Wildman–Crippen LogP) is 2.88. The van der Waals surface area contributed by atoms with E-state index < -0.39 is 0 Å². The molecule has 160 valence electrons. The Labute approximate surface area is 177 Å². The molecule has 1 N–H and O–H groups in total. The molecule has 0 spiro atoms. The summed E-state index contributed by atoms with van der Waals surface area (Å²) in [5.41, 5.74) is 1.27. The molecule has 7 nitrogen and oxygen atoms in total. The summed E-state index contributed by atoms with van der Waals surface area (Å²) >= 11 is 0. The topological polar surface area (TPSA) is 71.1 Å². The lowest BCUT2D eigenvalue weighted by Gasteiger charge is -2.37. The van der Waals surface area contributed by atoms with Crippen LogP contribution in [0.3, 0.4) is 0 Å². The number of amides is 2. The zero-order valence-corrected chi connectivity index (χ0v) is 17.8. The summed E-state index contributed by atoms with van der Waals surface area (Å²) in [5, 5.41) is 2.76. The summed E-state index contributed by atoms with van der Waals surface area (Å²) in [6.45, 7) is 7.49. The number of anilines is 1. The fourth-order valence-electron chi connectivity index (χ4n) is 3.36. The number of nitrogens with zero attached hydrogens (tertiary/aromatic N) is 2. The second-order valence-electron chi connectivity index (χ2n) is 7.52. The molecule has 7 heteroatoms. The molecular weight excluding hydrogens is 382 g/mol. The Bertz CT molecular complexity index is 859. The SMILES string of the molecule is COc1cccc(NC(=O)COc2ccc(C(=O)N3CCN(C(C)C)CC3)cc2)c1. The maximum Gasteiger partial charge on any atom is 0.262 e. The van der Waals surface area contributed by atoms with Crippen molar-refractivity contribution in [2.24, 2.45) is 0 Å². The maximum absolute atomic E-state index is 12.7. The van der Waals surface area contributed by atoms with Crippen LogP contribution in [0.2, 0.25) is 0 Å². The van der Waals surface area contributed by atoms with Crippen LogP contribution >= 0.6 is 0 Å². The first-order valence-corrected chi connectivity index (χ1v) is 10.2. The molecule has 2 aromatic rings. The first-order valence-electron chi connectivity index (χ1n) is 10.2. The van der Waals surface area contributed by atoms with E-state index in [0.717, 1.165) is 26.2 Å². The Morgan fingerprint density at radius 1 is 1.00 bits per heavy atom. The van der Waals surface area contributed by atoms with Crippen molar-refractivity contribution >= 4 is 17.5 Å². The van der Waals surface area contributed by atoms with E-state index in [0.29, 0.717) is 28.8 Å². The molecule has 30 heavy (non-hydrogen) atoms. The van der Waals surface area contributed by atoms with Crippen molar-refractivity contribution in [1.29, 1.82) is 0 Å².